The Morgan fingerprint density at radius 2 is 1.05 bits per heavy atom. The molecule has 0 aromatic rings. The van der Waals surface area contributed by atoms with E-state index in [1.807, 2.05) is 0 Å². The van der Waals surface area contributed by atoms with Gasteiger partial charge in [-0.15, -0.1) is 0 Å². The van der Waals surface area contributed by atoms with E-state index in [1.54, 1.807) is 0 Å². The zero-order chi connectivity index (χ0) is 13.7. The minimum atomic E-state index is 0. The lowest BCUT2D eigenvalue weighted by molar-refractivity contribution is -0.899. The molecule has 0 radical (unpaired) electrons. The summed E-state index contributed by atoms with van der Waals surface area (Å²) >= 11 is 6.16. The van der Waals surface area contributed by atoms with Crippen LogP contribution in [-0.2, 0) is 0 Å². The Balaban J connectivity index is 0. The number of hydrogen-bond donors (Lipinski definition) is 0. The van der Waals surface area contributed by atoms with Gasteiger partial charge in [-0.2, -0.15) is 0 Å². The first-order valence-electron chi connectivity index (χ1n) is 8.08. The molecular weight excluding hydrogens is 369 g/mol. The van der Waals surface area contributed by atoms with E-state index in [0.717, 1.165) is 10.5 Å². The molecular formula is C16H35ClIN. The van der Waals surface area contributed by atoms with Crippen molar-refractivity contribution in [1.29, 1.82) is 0 Å². The summed E-state index contributed by atoms with van der Waals surface area (Å²) in [5.74, 6) is 0. The lowest BCUT2D eigenvalue weighted by Crippen LogP contribution is -3.00. The SMILES string of the molecule is CCCCCCC[N+](C)(CCl)CCCCCCC.[I-]. The van der Waals surface area contributed by atoms with Gasteiger partial charge >= 0.3 is 0 Å². The molecule has 0 saturated heterocycles. The molecule has 0 aliphatic carbocycles. The van der Waals surface area contributed by atoms with Crippen LogP contribution in [0.25, 0.3) is 0 Å². The summed E-state index contributed by atoms with van der Waals surface area (Å²) in [6.45, 7) is 7.08. The maximum atomic E-state index is 6.16. The van der Waals surface area contributed by atoms with Crippen LogP contribution in [0.5, 0.6) is 0 Å². The highest BCUT2D eigenvalue weighted by molar-refractivity contribution is 6.16. The van der Waals surface area contributed by atoms with Gasteiger partial charge in [-0.25, -0.2) is 0 Å². The quantitative estimate of drug-likeness (QED) is 0.146. The monoisotopic (exact) mass is 403 g/mol. The van der Waals surface area contributed by atoms with E-state index in [2.05, 4.69) is 20.9 Å². The van der Waals surface area contributed by atoms with Crippen LogP contribution in [0.2, 0.25) is 0 Å². The summed E-state index contributed by atoms with van der Waals surface area (Å²) < 4.78 is 1.07. The van der Waals surface area contributed by atoms with Gasteiger partial charge in [0.15, 0.2) is 6.00 Å². The van der Waals surface area contributed by atoms with E-state index in [4.69, 9.17) is 11.6 Å². The van der Waals surface area contributed by atoms with E-state index in [-0.39, 0.29) is 24.0 Å². The van der Waals surface area contributed by atoms with Gasteiger partial charge in [0.05, 0.1) is 20.1 Å². The first kappa shape index (κ1) is 22.3. The maximum absolute atomic E-state index is 6.16. The Bertz CT molecular complexity index is 162. The number of nitrogens with zero attached hydrogens (tertiary/aromatic N) is 1. The summed E-state index contributed by atoms with van der Waals surface area (Å²) in [6.07, 6.45) is 13.7. The summed E-state index contributed by atoms with van der Waals surface area (Å²) in [5.41, 5.74) is 0. The fourth-order valence-electron chi connectivity index (χ4n) is 2.43. The second kappa shape index (κ2) is 15.4. The molecule has 0 aliphatic heterocycles. The van der Waals surface area contributed by atoms with Crippen LogP contribution in [-0.4, -0.2) is 30.6 Å². The van der Waals surface area contributed by atoms with Gasteiger partial charge in [0, 0.05) is 0 Å². The number of halogens is 2. The Morgan fingerprint density at radius 1 is 0.684 bits per heavy atom. The van der Waals surface area contributed by atoms with Gasteiger partial charge < -0.3 is 28.5 Å². The average molecular weight is 404 g/mol. The van der Waals surface area contributed by atoms with Crippen molar-refractivity contribution < 1.29 is 28.5 Å². The number of alkyl halides is 1. The van der Waals surface area contributed by atoms with Gasteiger partial charge in [0.25, 0.3) is 0 Å². The van der Waals surface area contributed by atoms with Crippen molar-refractivity contribution in [1.82, 2.24) is 0 Å². The van der Waals surface area contributed by atoms with E-state index in [1.165, 1.54) is 77.3 Å². The standard InChI is InChI=1S/C16H35ClN.HI/c1-4-6-8-10-12-14-18(3,16-17)15-13-11-9-7-5-2;/h4-16H2,1-3H3;1H/q+1;/p-1. The molecule has 0 aliphatic rings. The molecule has 0 atom stereocenters. The average Bonchev–Trinajstić information content (AvgIpc) is 2.38. The van der Waals surface area contributed by atoms with Crippen LogP contribution < -0.4 is 24.0 Å². The highest BCUT2D eigenvalue weighted by Gasteiger charge is 2.18. The first-order chi connectivity index (χ1) is 8.68. The molecule has 0 unspecified atom stereocenters. The lowest BCUT2D eigenvalue weighted by Gasteiger charge is -2.32. The Kier molecular flexibility index (Phi) is 18.0. The van der Waals surface area contributed by atoms with Crippen LogP contribution in [0.4, 0.5) is 0 Å². The Morgan fingerprint density at radius 3 is 1.37 bits per heavy atom. The summed E-state index contributed by atoms with van der Waals surface area (Å²) in [4.78, 5) is 0. The summed E-state index contributed by atoms with van der Waals surface area (Å²) in [6, 6.07) is 0.779. The molecule has 0 amide bonds. The second-order valence-corrected chi connectivity index (χ2v) is 6.25. The molecule has 118 valence electrons. The molecule has 0 aromatic carbocycles. The molecule has 3 heteroatoms. The molecule has 0 aromatic heterocycles. The van der Waals surface area contributed by atoms with Crippen molar-refractivity contribution in [3.63, 3.8) is 0 Å². The third kappa shape index (κ3) is 13.7. The third-order valence-electron chi connectivity index (χ3n) is 3.89. The summed E-state index contributed by atoms with van der Waals surface area (Å²) in [7, 11) is 2.33. The number of unbranched alkanes of at least 4 members (excludes halogenated alkanes) is 8. The minimum absolute atomic E-state index is 0. The number of quaternary nitrogens is 1. The Labute approximate surface area is 144 Å². The van der Waals surface area contributed by atoms with Crippen molar-refractivity contribution in [3.05, 3.63) is 0 Å². The van der Waals surface area contributed by atoms with Crippen molar-refractivity contribution in [2.24, 2.45) is 0 Å². The van der Waals surface area contributed by atoms with Crippen LogP contribution >= 0.6 is 11.6 Å². The van der Waals surface area contributed by atoms with Crippen LogP contribution in [0.15, 0.2) is 0 Å². The van der Waals surface area contributed by atoms with Gasteiger partial charge in [0.2, 0.25) is 0 Å². The highest BCUT2D eigenvalue weighted by Crippen LogP contribution is 2.13. The second-order valence-electron chi connectivity index (χ2n) is 6.01. The predicted molar refractivity (Wildman–Crippen MR) is 84.2 cm³/mol. The van der Waals surface area contributed by atoms with Crippen molar-refractivity contribution in [2.75, 3.05) is 26.1 Å². The first-order valence-corrected chi connectivity index (χ1v) is 8.61. The van der Waals surface area contributed by atoms with E-state index >= 15 is 0 Å². The number of hydrogen-bond acceptors (Lipinski definition) is 0. The van der Waals surface area contributed by atoms with Gasteiger partial charge in [-0.3, -0.25) is 0 Å². The number of rotatable bonds is 13. The molecule has 0 N–H and O–H groups in total. The fraction of sp³-hybridized carbons (Fsp3) is 1.00. The van der Waals surface area contributed by atoms with Crippen LogP contribution in [0, 0.1) is 0 Å². The molecule has 1 nitrogen and oxygen atoms in total. The maximum Gasteiger partial charge on any atom is 0.154 e. The molecule has 19 heavy (non-hydrogen) atoms. The van der Waals surface area contributed by atoms with Gasteiger partial charge in [-0.1, -0.05) is 64.0 Å². The van der Waals surface area contributed by atoms with Crippen molar-refractivity contribution in [2.45, 2.75) is 78.1 Å². The van der Waals surface area contributed by atoms with Gasteiger partial charge in [-0.05, 0) is 25.7 Å². The molecule has 0 heterocycles. The lowest BCUT2D eigenvalue weighted by atomic mass is 10.1. The zero-order valence-electron chi connectivity index (χ0n) is 13.4. The smallest absolute Gasteiger partial charge is 0.154 e. The molecule has 0 rings (SSSR count). The Hall–Kier alpha value is 0.980. The topological polar surface area (TPSA) is 0 Å². The minimum Gasteiger partial charge on any atom is -1.00 e. The van der Waals surface area contributed by atoms with E-state index < -0.39 is 0 Å². The van der Waals surface area contributed by atoms with Gasteiger partial charge in [0.1, 0.15) is 0 Å². The van der Waals surface area contributed by atoms with Crippen molar-refractivity contribution >= 4 is 11.6 Å². The largest absolute Gasteiger partial charge is 1.00 e. The zero-order valence-corrected chi connectivity index (χ0v) is 16.3. The highest BCUT2D eigenvalue weighted by atomic mass is 127. The predicted octanol–water partition coefficient (Wildman–Crippen LogP) is 2.57. The fourth-order valence-corrected chi connectivity index (χ4v) is 2.66. The molecule has 0 saturated carbocycles. The summed E-state index contributed by atoms with van der Waals surface area (Å²) in [5, 5.41) is 0. The molecule has 0 fully saturated rings. The van der Waals surface area contributed by atoms with Crippen LogP contribution in [0.3, 0.4) is 0 Å². The third-order valence-corrected chi connectivity index (χ3v) is 4.47. The molecule has 0 bridgehead atoms. The normalized spacial score (nSPS) is 11.4. The van der Waals surface area contributed by atoms with E-state index in [0.29, 0.717) is 0 Å². The molecule has 0 spiro atoms. The van der Waals surface area contributed by atoms with E-state index in [9.17, 15) is 0 Å². The van der Waals surface area contributed by atoms with Crippen LogP contribution in [0.1, 0.15) is 78.1 Å². The van der Waals surface area contributed by atoms with Crippen molar-refractivity contribution in [3.8, 4) is 0 Å².